The van der Waals surface area contributed by atoms with Crippen molar-refractivity contribution in [3.05, 3.63) is 74.8 Å². The largest absolute Gasteiger partial charge is 0.465 e. The third-order valence-corrected chi connectivity index (χ3v) is 4.77. The number of ether oxygens (including phenoxy) is 1. The number of esters is 1. The van der Waals surface area contributed by atoms with Gasteiger partial charge in [0.05, 0.1) is 18.4 Å². The van der Waals surface area contributed by atoms with Crippen molar-refractivity contribution >= 4 is 34.9 Å². The predicted molar refractivity (Wildman–Crippen MR) is 98.9 cm³/mol. The van der Waals surface area contributed by atoms with Crippen molar-refractivity contribution in [2.45, 2.75) is 18.7 Å². The Balaban J connectivity index is 2.14. The summed E-state index contributed by atoms with van der Waals surface area (Å²) in [6.07, 6.45) is -3.92. The van der Waals surface area contributed by atoms with Gasteiger partial charge in [-0.05, 0) is 42.8 Å². The average molecular weight is 432 g/mol. The van der Waals surface area contributed by atoms with Gasteiger partial charge < -0.3 is 4.74 Å². The number of hydroxylamine groups is 1. The topological polar surface area (TPSA) is 47.6 Å². The van der Waals surface area contributed by atoms with Crippen LogP contribution in [0.3, 0.4) is 0 Å². The SMILES string of the molecule is COC(=O)c1cc(C2=CC(c3cc(Cl)cc(Cl)c3)(C(F)(F)F)ON2)ccc1C. The Labute approximate surface area is 168 Å². The number of nitrogens with one attached hydrogen (secondary N) is 1. The van der Waals surface area contributed by atoms with E-state index in [1.807, 2.05) is 0 Å². The monoisotopic (exact) mass is 431 g/mol. The summed E-state index contributed by atoms with van der Waals surface area (Å²) in [5.74, 6) is -0.595. The second kappa shape index (κ2) is 7.31. The van der Waals surface area contributed by atoms with Crippen molar-refractivity contribution in [3.8, 4) is 0 Å². The van der Waals surface area contributed by atoms with Crippen LogP contribution in [-0.4, -0.2) is 19.3 Å². The normalized spacial score (nSPS) is 19.2. The van der Waals surface area contributed by atoms with E-state index >= 15 is 0 Å². The molecule has 148 valence electrons. The lowest BCUT2D eigenvalue weighted by Gasteiger charge is -2.28. The minimum Gasteiger partial charge on any atom is -0.465 e. The Bertz CT molecular complexity index is 955. The minimum atomic E-state index is -4.81. The van der Waals surface area contributed by atoms with Gasteiger partial charge in [0.15, 0.2) is 0 Å². The molecular weight excluding hydrogens is 418 g/mol. The molecule has 0 saturated carbocycles. The van der Waals surface area contributed by atoms with E-state index in [-0.39, 0.29) is 26.9 Å². The molecule has 1 aliphatic rings. The highest BCUT2D eigenvalue weighted by Crippen LogP contribution is 2.48. The first-order valence-electron chi connectivity index (χ1n) is 7.97. The molecule has 0 saturated heterocycles. The Hall–Kier alpha value is -2.22. The number of hydrogen-bond donors (Lipinski definition) is 1. The van der Waals surface area contributed by atoms with Crippen LogP contribution >= 0.6 is 23.2 Å². The van der Waals surface area contributed by atoms with E-state index in [9.17, 15) is 18.0 Å². The van der Waals surface area contributed by atoms with Crippen molar-refractivity contribution < 1.29 is 27.5 Å². The molecule has 3 rings (SSSR count). The number of rotatable bonds is 3. The van der Waals surface area contributed by atoms with E-state index in [2.05, 4.69) is 5.48 Å². The van der Waals surface area contributed by atoms with E-state index in [1.54, 1.807) is 19.1 Å². The standard InChI is InChI=1S/C19H14Cl2F3NO3/c1-10-3-4-11(5-15(10)17(26)27-2)16-9-18(28-25-16,19(22,23)24)12-6-13(20)8-14(21)7-12/h3-9,25H,1-2H3. The van der Waals surface area contributed by atoms with Gasteiger partial charge >= 0.3 is 12.1 Å². The maximum atomic E-state index is 14.0. The van der Waals surface area contributed by atoms with Crippen LogP contribution in [0.5, 0.6) is 0 Å². The van der Waals surface area contributed by atoms with Gasteiger partial charge in [-0.15, -0.1) is 0 Å². The van der Waals surface area contributed by atoms with Crippen LogP contribution < -0.4 is 5.48 Å². The molecule has 0 bridgehead atoms. The molecule has 1 N–H and O–H groups in total. The average Bonchev–Trinajstić information content (AvgIpc) is 3.07. The number of benzene rings is 2. The van der Waals surface area contributed by atoms with Crippen LogP contribution in [0, 0.1) is 6.92 Å². The minimum absolute atomic E-state index is 0.0403. The van der Waals surface area contributed by atoms with Gasteiger partial charge in [-0.25, -0.2) is 4.79 Å². The molecule has 1 heterocycles. The summed E-state index contributed by atoms with van der Waals surface area (Å²) in [6, 6.07) is 8.20. The van der Waals surface area contributed by atoms with Gasteiger partial charge in [-0.1, -0.05) is 35.3 Å². The molecule has 0 radical (unpaired) electrons. The van der Waals surface area contributed by atoms with Gasteiger partial charge in [0.2, 0.25) is 5.60 Å². The second-order valence-corrected chi connectivity index (χ2v) is 7.05. The van der Waals surface area contributed by atoms with Gasteiger partial charge in [-0.2, -0.15) is 13.2 Å². The molecule has 0 fully saturated rings. The first-order chi connectivity index (χ1) is 13.1. The number of hydrogen-bond acceptors (Lipinski definition) is 4. The Morgan fingerprint density at radius 1 is 1.14 bits per heavy atom. The van der Waals surface area contributed by atoms with Crippen LogP contribution in [-0.2, 0) is 15.2 Å². The fraction of sp³-hybridized carbons (Fsp3) is 0.211. The highest BCUT2D eigenvalue weighted by atomic mass is 35.5. The Morgan fingerprint density at radius 3 is 2.36 bits per heavy atom. The lowest BCUT2D eigenvalue weighted by Crippen LogP contribution is -2.42. The molecule has 2 aromatic rings. The van der Waals surface area contributed by atoms with Crippen molar-refractivity contribution in [1.29, 1.82) is 0 Å². The summed E-state index contributed by atoms with van der Waals surface area (Å²) in [6.45, 7) is 1.69. The maximum absolute atomic E-state index is 14.0. The molecule has 0 amide bonds. The number of carbonyl (C=O) groups is 1. The van der Waals surface area contributed by atoms with Crippen LogP contribution in [0.15, 0.2) is 42.5 Å². The fourth-order valence-electron chi connectivity index (χ4n) is 2.87. The molecular formula is C19H14Cl2F3NO3. The zero-order valence-electron chi connectivity index (χ0n) is 14.7. The summed E-state index contributed by atoms with van der Waals surface area (Å²) in [5, 5.41) is 0.0831. The van der Waals surface area contributed by atoms with Gasteiger partial charge in [0, 0.05) is 21.2 Å². The van der Waals surface area contributed by atoms with E-state index in [0.29, 0.717) is 11.1 Å². The zero-order chi connectivity index (χ0) is 20.7. The second-order valence-electron chi connectivity index (χ2n) is 6.17. The predicted octanol–water partition coefficient (Wildman–Crippen LogP) is 5.42. The van der Waals surface area contributed by atoms with Gasteiger partial charge in [-0.3, -0.25) is 10.3 Å². The van der Waals surface area contributed by atoms with E-state index < -0.39 is 17.7 Å². The maximum Gasteiger partial charge on any atom is 0.428 e. The smallest absolute Gasteiger partial charge is 0.428 e. The lowest BCUT2D eigenvalue weighted by atomic mass is 9.91. The van der Waals surface area contributed by atoms with E-state index in [4.69, 9.17) is 32.8 Å². The number of aryl methyl sites for hydroxylation is 1. The summed E-state index contributed by atoms with van der Waals surface area (Å²) < 4.78 is 46.7. The third kappa shape index (κ3) is 3.57. The van der Waals surface area contributed by atoms with E-state index in [0.717, 1.165) is 18.2 Å². The molecule has 9 heteroatoms. The van der Waals surface area contributed by atoms with Gasteiger partial charge in [0.25, 0.3) is 0 Å². The number of carbonyl (C=O) groups excluding carboxylic acids is 1. The molecule has 1 aliphatic heterocycles. The quantitative estimate of drug-likeness (QED) is 0.658. The third-order valence-electron chi connectivity index (χ3n) is 4.34. The van der Waals surface area contributed by atoms with Crippen LogP contribution in [0.1, 0.15) is 27.0 Å². The molecule has 28 heavy (non-hydrogen) atoms. The molecule has 0 aromatic heterocycles. The number of halogens is 5. The number of alkyl halides is 3. The van der Waals surface area contributed by atoms with Crippen molar-refractivity contribution in [2.75, 3.05) is 7.11 Å². The van der Waals surface area contributed by atoms with Crippen molar-refractivity contribution in [3.63, 3.8) is 0 Å². The molecule has 1 atom stereocenters. The molecule has 2 aromatic carbocycles. The first kappa shape index (κ1) is 20.5. The summed E-state index contributed by atoms with van der Waals surface area (Å²) in [7, 11) is 1.22. The first-order valence-corrected chi connectivity index (χ1v) is 8.72. The van der Waals surface area contributed by atoms with E-state index in [1.165, 1.54) is 19.2 Å². The molecule has 0 spiro atoms. The summed E-state index contributed by atoms with van der Waals surface area (Å²) in [5.41, 5.74) is 0.461. The van der Waals surface area contributed by atoms with Crippen molar-refractivity contribution in [1.82, 2.24) is 5.48 Å². The van der Waals surface area contributed by atoms with Gasteiger partial charge in [0.1, 0.15) is 0 Å². The Kier molecular flexibility index (Phi) is 5.36. The van der Waals surface area contributed by atoms with Crippen LogP contribution in [0.25, 0.3) is 5.70 Å². The molecule has 1 unspecified atom stereocenters. The molecule has 0 aliphatic carbocycles. The number of methoxy groups -OCH3 is 1. The zero-order valence-corrected chi connectivity index (χ0v) is 16.2. The highest BCUT2D eigenvalue weighted by molar-refractivity contribution is 6.34. The van der Waals surface area contributed by atoms with Crippen LogP contribution in [0.2, 0.25) is 10.0 Å². The lowest BCUT2D eigenvalue weighted by molar-refractivity contribution is -0.269. The fourth-order valence-corrected chi connectivity index (χ4v) is 3.40. The van der Waals surface area contributed by atoms with Crippen molar-refractivity contribution in [2.24, 2.45) is 0 Å². The van der Waals surface area contributed by atoms with Crippen LogP contribution in [0.4, 0.5) is 13.2 Å². The summed E-state index contributed by atoms with van der Waals surface area (Å²) >= 11 is 11.8. The summed E-state index contributed by atoms with van der Waals surface area (Å²) in [4.78, 5) is 16.9. The highest BCUT2D eigenvalue weighted by Gasteiger charge is 2.59. The Morgan fingerprint density at radius 2 is 1.79 bits per heavy atom. The molecule has 4 nitrogen and oxygen atoms in total.